The van der Waals surface area contributed by atoms with Gasteiger partial charge in [-0.05, 0) is 31.2 Å². The fraction of sp³-hybridized carbons (Fsp3) is 0.176. The van der Waals surface area contributed by atoms with E-state index in [1.807, 2.05) is 13.0 Å². The Labute approximate surface area is 133 Å². The molecule has 3 rings (SSSR count). The molecule has 1 aliphatic heterocycles. The molecule has 0 fully saturated rings. The number of nitro groups is 1. The highest BCUT2D eigenvalue weighted by atomic mass is 16.6. The van der Waals surface area contributed by atoms with Gasteiger partial charge in [0.25, 0.3) is 5.69 Å². The van der Waals surface area contributed by atoms with Crippen LogP contribution in [0, 0.1) is 17.0 Å². The van der Waals surface area contributed by atoms with Gasteiger partial charge in [-0.15, -0.1) is 0 Å². The molecule has 0 spiro atoms. The van der Waals surface area contributed by atoms with Crippen LogP contribution in [0.3, 0.4) is 0 Å². The van der Waals surface area contributed by atoms with E-state index in [1.54, 1.807) is 38.5 Å². The number of methoxy groups -OCH3 is 2. The van der Waals surface area contributed by atoms with E-state index in [0.29, 0.717) is 28.6 Å². The third-order valence-electron chi connectivity index (χ3n) is 3.77. The molecule has 0 saturated heterocycles. The van der Waals surface area contributed by atoms with E-state index in [1.165, 1.54) is 6.07 Å². The summed E-state index contributed by atoms with van der Waals surface area (Å²) in [4.78, 5) is 10.8. The summed E-state index contributed by atoms with van der Waals surface area (Å²) in [7, 11) is 3.13. The van der Waals surface area contributed by atoms with Gasteiger partial charge in [-0.25, -0.2) is 0 Å². The second-order valence-electron chi connectivity index (χ2n) is 5.04. The van der Waals surface area contributed by atoms with Gasteiger partial charge < -0.3 is 14.2 Å². The standard InChI is InChI=1S/C17H15NO5/c1-10-15(21-2)9-11-7-8-12-13(18(19)20)5-4-6-14(12)23-17(11)16(10)22-3/h4-9H,1-3H3. The molecule has 6 nitrogen and oxygen atoms in total. The maximum Gasteiger partial charge on any atom is 0.280 e. The quantitative estimate of drug-likeness (QED) is 0.535. The number of nitro benzene ring substituents is 1. The maximum atomic E-state index is 11.2. The zero-order valence-corrected chi connectivity index (χ0v) is 13.0. The van der Waals surface area contributed by atoms with Gasteiger partial charge in [0.1, 0.15) is 11.5 Å². The van der Waals surface area contributed by atoms with Crippen molar-refractivity contribution in [2.24, 2.45) is 0 Å². The first-order chi connectivity index (χ1) is 11.1. The molecule has 0 aromatic heterocycles. The summed E-state index contributed by atoms with van der Waals surface area (Å²) in [5.74, 6) is 2.14. The summed E-state index contributed by atoms with van der Waals surface area (Å²) < 4.78 is 16.8. The molecule has 2 aromatic rings. The number of fused-ring (bicyclic) bond motifs is 2. The van der Waals surface area contributed by atoms with Crippen molar-refractivity contribution >= 4 is 17.8 Å². The van der Waals surface area contributed by atoms with Crippen molar-refractivity contribution in [3.05, 3.63) is 51.1 Å². The molecule has 0 atom stereocenters. The second kappa shape index (κ2) is 5.64. The Bertz CT molecular complexity index is 826. The van der Waals surface area contributed by atoms with Crippen LogP contribution in [0.2, 0.25) is 0 Å². The molecule has 118 valence electrons. The molecule has 0 aliphatic carbocycles. The van der Waals surface area contributed by atoms with Crippen molar-refractivity contribution in [3.8, 4) is 23.0 Å². The molecule has 6 heteroatoms. The number of benzene rings is 2. The minimum absolute atomic E-state index is 0.00536. The van der Waals surface area contributed by atoms with Crippen LogP contribution >= 0.6 is 0 Å². The molecule has 1 aliphatic rings. The third kappa shape index (κ3) is 2.38. The summed E-state index contributed by atoms with van der Waals surface area (Å²) in [5.41, 5.74) is 1.95. The van der Waals surface area contributed by atoms with Crippen LogP contribution in [0.5, 0.6) is 23.0 Å². The summed E-state index contributed by atoms with van der Waals surface area (Å²) in [6.45, 7) is 1.87. The van der Waals surface area contributed by atoms with E-state index in [9.17, 15) is 10.1 Å². The Hall–Kier alpha value is -3.02. The molecule has 0 radical (unpaired) electrons. The molecule has 0 saturated carbocycles. The number of hydrogen-bond donors (Lipinski definition) is 0. The first-order valence-electron chi connectivity index (χ1n) is 6.95. The number of rotatable bonds is 3. The molecule has 0 unspecified atom stereocenters. The summed E-state index contributed by atoms with van der Waals surface area (Å²) in [6, 6.07) is 6.56. The van der Waals surface area contributed by atoms with E-state index in [-0.39, 0.29) is 5.69 Å². The maximum absolute atomic E-state index is 11.2. The van der Waals surface area contributed by atoms with Gasteiger partial charge in [0.05, 0.1) is 24.7 Å². The highest BCUT2D eigenvalue weighted by molar-refractivity contribution is 5.83. The van der Waals surface area contributed by atoms with Gasteiger partial charge in [-0.2, -0.15) is 0 Å². The average Bonchev–Trinajstić information content (AvgIpc) is 2.73. The minimum atomic E-state index is -0.425. The SMILES string of the molecule is COc1cc2c(c(OC)c1C)Oc1cccc([N+](=O)[O-])c1C=C2. The Kier molecular flexibility index (Phi) is 3.65. The molecular weight excluding hydrogens is 298 g/mol. The predicted molar refractivity (Wildman–Crippen MR) is 86.4 cm³/mol. The van der Waals surface area contributed by atoms with Crippen molar-refractivity contribution in [3.63, 3.8) is 0 Å². The molecule has 0 bridgehead atoms. The second-order valence-corrected chi connectivity index (χ2v) is 5.04. The Balaban J connectivity index is 2.25. The van der Waals surface area contributed by atoms with Crippen molar-refractivity contribution in [1.29, 1.82) is 0 Å². The molecule has 1 heterocycles. The average molecular weight is 313 g/mol. The largest absolute Gasteiger partial charge is 0.496 e. The van der Waals surface area contributed by atoms with Crippen LogP contribution in [0.25, 0.3) is 12.2 Å². The van der Waals surface area contributed by atoms with E-state index < -0.39 is 4.92 Å². The first-order valence-corrected chi connectivity index (χ1v) is 6.95. The summed E-state index contributed by atoms with van der Waals surface area (Å²) in [5, 5.41) is 11.2. The van der Waals surface area contributed by atoms with E-state index in [2.05, 4.69) is 0 Å². The van der Waals surface area contributed by atoms with E-state index in [0.717, 1.165) is 11.1 Å². The third-order valence-corrected chi connectivity index (χ3v) is 3.77. The van der Waals surface area contributed by atoms with Gasteiger partial charge in [0.2, 0.25) is 0 Å². The van der Waals surface area contributed by atoms with Crippen LogP contribution in [0.4, 0.5) is 5.69 Å². The lowest BCUT2D eigenvalue weighted by Gasteiger charge is -2.17. The minimum Gasteiger partial charge on any atom is -0.496 e. The highest BCUT2D eigenvalue weighted by Gasteiger charge is 2.24. The molecule has 0 N–H and O–H groups in total. The normalized spacial score (nSPS) is 11.8. The monoisotopic (exact) mass is 313 g/mol. The van der Waals surface area contributed by atoms with Crippen LogP contribution in [-0.4, -0.2) is 19.1 Å². The fourth-order valence-corrected chi connectivity index (χ4v) is 2.65. The van der Waals surface area contributed by atoms with Crippen LogP contribution in [0.15, 0.2) is 24.3 Å². The summed E-state index contributed by atoms with van der Waals surface area (Å²) >= 11 is 0. The smallest absolute Gasteiger partial charge is 0.280 e. The Morgan fingerprint density at radius 3 is 2.61 bits per heavy atom. The van der Waals surface area contributed by atoms with Crippen molar-refractivity contribution in [2.45, 2.75) is 6.92 Å². The van der Waals surface area contributed by atoms with Crippen LogP contribution < -0.4 is 14.2 Å². The zero-order valence-electron chi connectivity index (χ0n) is 13.0. The zero-order chi connectivity index (χ0) is 16.6. The number of nitrogens with zero attached hydrogens (tertiary/aromatic N) is 1. The van der Waals surface area contributed by atoms with Crippen molar-refractivity contribution in [2.75, 3.05) is 14.2 Å². The molecule has 2 aromatic carbocycles. The molecule has 0 amide bonds. The van der Waals surface area contributed by atoms with Gasteiger partial charge in [0, 0.05) is 17.2 Å². The van der Waals surface area contributed by atoms with Crippen molar-refractivity contribution in [1.82, 2.24) is 0 Å². The lowest BCUT2D eigenvalue weighted by Crippen LogP contribution is -1.99. The van der Waals surface area contributed by atoms with Gasteiger partial charge in [0.15, 0.2) is 11.5 Å². The van der Waals surface area contributed by atoms with Gasteiger partial charge >= 0.3 is 0 Å². The lowest BCUT2D eigenvalue weighted by molar-refractivity contribution is -0.385. The van der Waals surface area contributed by atoms with Gasteiger partial charge in [-0.3, -0.25) is 10.1 Å². The first kappa shape index (κ1) is 14.9. The Morgan fingerprint density at radius 2 is 1.96 bits per heavy atom. The van der Waals surface area contributed by atoms with E-state index in [4.69, 9.17) is 14.2 Å². The van der Waals surface area contributed by atoms with Crippen molar-refractivity contribution < 1.29 is 19.1 Å². The molecular formula is C17H15NO5. The fourth-order valence-electron chi connectivity index (χ4n) is 2.65. The predicted octanol–water partition coefficient (Wildman–Crippen LogP) is 4.20. The lowest BCUT2D eigenvalue weighted by atomic mass is 10.1. The van der Waals surface area contributed by atoms with E-state index >= 15 is 0 Å². The van der Waals surface area contributed by atoms with Gasteiger partial charge in [-0.1, -0.05) is 6.07 Å². The molecule has 23 heavy (non-hydrogen) atoms. The summed E-state index contributed by atoms with van der Waals surface area (Å²) in [6.07, 6.45) is 3.44. The number of ether oxygens (including phenoxy) is 3. The number of hydrogen-bond acceptors (Lipinski definition) is 5. The topological polar surface area (TPSA) is 70.8 Å². The highest BCUT2D eigenvalue weighted by Crippen LogP contribution is 2.46. The Morgan fingerprint density at radius 1 is 1.17 bits per heavy atom. The van der Waals surface area contributed by atoms with Crippen LogP contribution in [0.1, 0.15) is 16.7 Å². The van der Waals surface area contributed by atoms with Crippen LogP contribution in [-0.2, 0) is 0 Å².